The van der Waals surface area contributed by atoms with Crippen LogP contribution in [0.1, 0.15) is 46.3 Å². The molecule has 220 valence electrons. The zero-order valence-electron chi connectivity index (χ0n) is 23.6. The second kappa shape index (κ2) is 12.4. The molecule has 1 N–H and O–H groups in total. The number of benzene rings is 1. The summed E-state index contributed by atoms with van der Waals surface area (Å²) < 4.78 is 60.0. The minimum absolute atomic E-state index is 0.133. The molecule has 2 aliphatic rings. The number of carbonyl (C=O) groups excluding carboxylic acids is 1. The van der Waals surface area contributed by atoms with Gasteiger partial charge in [-0.3, -0.25) is 9.32 Å². The van der Waals surface area contributed by atoms with Gasteiger partial charge < -0.3 is 32.9 Å². The van der Waals surface area contributed by atoms with E-state index in [4.69, 9.17) is 37.5 Å². The van der Waals surface area contributed by atoms with Crippen molar-refractivity contribution < 1.29 is 46.8 Å². The maximum atomic E-state index is 13.9. The lowest BCUT2D eigenvalue weighted by molar-refractivity contribution is -0.190. The van der Waals surface area contributed by atoms with E-state index in [1.165, 1.54) is 27.3 Å². The fourth-order valence-electron chi connectivity index (χ4n) is 4.39. The van der Waals surface area contributed by atoms with Gasteiger partial charge in [-0.05, 0) is 46.8 Å². The van der Waals surface area contributed by atoms with Crippen molar-refractivity contribution in [3.63, 3.8) is 0 Å². The van der Waals surface area contributed by atoms with Crippen LogP contribution in [0.5, 0.6) is 17.6 Å². The number of fused-ring (bicyclic) bond motifs is 1. The summed E-state index contributed by atoms with van der Waals surface area (Å²) in [5.74, 6) is -0.989. The van der Waals surface area contributed by atoms with E-state index in [0.29, 0.717) is 5.56 Å². The predicted octanol–water partition coefficient (Wildman–Crippen LogP) is 3.59. The van der Waals surface area contributed by atoms with E-state index >= 15 is 0 Å². The first-order chi connectivity index (χ1) is 18.9. The molecule has 0 radical (unpaired) electrons. The van der Waals surface area contributed by atoms with Crippen molar-refractivity contribution in [2.24, 2.45) is 0 Å². The van der Waals surface area contributed by atoms with Gasteiger partial charge in [0.15, 0.2) is 5.79 Å². The van der Waals surface area contributed by atoms with E-state index < -0.39 is 50.0 Å². The molecule has 0 saturated carbocycles. The fraction of sp³-hybridized carbons (Fsp3) is 0.577. The maximum absolute atomic E-state index is 13.9. The van der Waals surface area contributed by atoms with Crippen LogP contribution in [-0.4, -0.2) is 73.0 Å². The van der Waals surface area contributed by atoms with Crippen molar-refractivity contribution in [3.8, 4) is 17.6 Å². The summed E-state index contributed by atoms with van der Waals surface area (Å²) in [6, 6.07) is 7.63. The number of nitrogens with one attached hydrogen (secondary N) is 1. The molecule has 3 heterocycles. The molecule has 2 saturated heterocycles. The van der Waals surface area contributed by atoms with Crippen LogP contribution in [0, 0.1) is 0 Å². The van der Waals surface area contributed by atoms with Gasteiger partial charge >= 0.3 is 19.7 Å². The van der Waals surface area contributed by atoms with Gasteiger partial charge in [-0.1, -0.05) is 18.2 Å². The summed E-state index contributed by atoms with van der Waals surface area (Å²) in [7, 11) is -1.20. The minimum atomic E-state index is -4.13. The van der Waals surface area contributed by atoms with Crippen molar-refractivity contribution in [1.82, 2.24) is 15.1 Å². The number of carbonyl (C=O) groups is 1. The highest BCUT2D eigenvalue weighted by molar-refractivity contribution is 7.52. The Morgan fingerprint density at radius 1 is 1.10 bits per heavy atom. The summed E-state index contributed by atoms with van der Waals surface area (Å²) in [6.07, 6.45) is -1.41. The molecule has 2 aliphatic heterocycles. The van der Waals surface area contributed by atoms with Crippen LogP contribution < -0.4 is 19.1 Å². The molecular weight excluding hydrogens is 545 g/mol. The number of esters is 1. The van der Waals surface area contributed by atoms with Crippen LogP contribution in [0.15, 0.2) is 36.5 Å². The highest BCUT2D eigenvalue weighted by Crippen LogP contribution is 2.50. The number of aromatic nitrogens is 2. The van der Waals surface area contributed by atoms with Gasteiger partial charge in [0.1, 0.15) is 36.2 Å². The molecule has 14 heteroatoms. The molecule has 0 bridgehead atoms. The van der Waals surface area contributed by atoms with Crippen LogP contribution in [-0.2, 0) is 32.8 Å². The van der Waals surface area contributed by atoms with Crippen LogP contribution >= 0.6 is 7.75 Å². The van der Waals surface area contributed by atoms with E-state index in [1.807, 2.05) is 0 Å². The Hall–Kier alpha value is -2.80. The molecule has 0 spiro atoms. The fourth-order valence-corrected chi connectivity index (χ4v) is 5.89. The van der Waals surface area contributed by atoms with Crippen LogP contribution in [0.4, 0.5) is 0 Å². The first-order valence-corrected chi connectivity index (χ1v) is 14.4. The number of nitrogens with zero attached hydrogens (tertiary/aromatic N) is 2. The Kier molecular flexibility index (Phi) is 9.33. The minimum Gasteiger partial charge on any atom is -0.481 e. The second-order valence-electron chi connectivity index (χ2n) is 10.0. The summed E-state index contributed by atoms with van der Waals surface area (Å²) in [5.41, 5.74) is 0.522. The second-order valence-corrected chi connectivity index (χ2v) is 11.7. The quantitative estimate of drug-likeness (QED) is 0.288. The van der Waals surface area contributed by atoms with E-state index in [-0.39, 0.29) is 30.4 Å². The molecule has 1 aromatic heterocycles. The van der Waals surface area contributed by atoms with Gasteiger partial charge in [0.05, 0.1) is 32.5 Å². The van der Waals surface area contributed by atoms with E-state index in [0.717, 1.165) is 0 Å². The Morgan fingerprint density at radius 3 is 2.45 bits per heavy atom. The summed E-state index contributed by atoms with van der Waals surface area (Å²) in [4.78, 5) is 20.9. The van der Waals surface area contributed by atoms with Crippen molar-refractivity contribution in [3.05, 3.63) is 42.1 Å². The Morgan fingerprint density at radius 2 is 1.80 bits per heavy atom. The number of para-hydroxylation sites is 1. The third-order valence-electron chi connectivity index (χ3n) is 6.03. The zero-order chi connectivity index (χ0) is 29.1. The average Bonchev–Trinajstić information content (AvgIpc) is 3.39. The summed E-state index contributed by atoms with van der Waals surface area (Å²) in [6.45, 7) is 8.31. The SMILES string of the molecule is COc1ncc([C@@H]2O[C@H](CO[P@@](=O)(N[C@@H](C)C(=O)OC(C)C)Oc3ccccc3)[C@H]3OC(C)(C)O[C@H]32)c(OC)n1. The maximum Gasteiger partial charge on any atom is 0.459 e. The van der Waals surface area contributed by atoms with Crippen LogP contribution in [0.3, 0.4) is 0 Å². The molecule has 2 fully saturated rings. The molecular formula is C26H36N3O10P. The highest BCUT2D eigenvalue weighted by Gasteiger charge is 2.57. The number of methoxy groups -OCH3 is 2. The van der Waals surface area contributed by atoms with Gasteiger partial charge in [-0.25, -0.2) is 9.55 Å². The first kappa shape index (κ1) is 30.2. The average molecular weight is 582 g/mol. The third kappa shape index (κ3) is 7.09. The van der Waals surface area contributed by atoms with Crippen molar-refractivity contribution in [1.29, 1.82) is 0 Å². The molecule has 1 aromatic carbocycles. The Bertz CT molecular complexity index is 1210. The molecule has 2 aromatic rings. The lowest BCUT2D eigenvalue weighted by atomic mass is 10.0. The van der Waals surface area contributed by atoms with E-state index in [2.05, 4.69) is 15.1 Å². The van der Waals surface area contributed by atoms with Crippen molar-refractivity contribution >= 4 is 13.7 Å². The molecule has 13 nitrogen and oxygen atoms in total. The van der Waals surface area contributed by atoms with E-state index in [9.17, 15) is 9.36 Å². The monoisotopic (exact) mass is 581 g/mol. The smallest absolute Gasteiger partial charge is 0.459 e. The van der Waals surface area contributed by atoms with Gasteiger partial charge in [0, 0.05) is 6.20 Å². The summed E-state index contributed by atoms with van der Waals surface area (Å²) in [5, 5.41) is 2.68. The van der Waals surface area contributed by atoms with E-state index in [1.54, 1.807) is 58.0 Å². The first-order valence-electron chi connectivity index (χ1n) is 12.9. The Labute approximate surface area is 233 Å². The molecule has 0 unspecified atom stereocenters. The highest BCUT2D eigenvalue weighted by atomic mass is 31.2. The zero-order valence-corrected chi connectivity index (χ0v) is 24.5. The number of rotatable bonds is 12. The van der Waals surface area contributed by atoms with Crippen LogP contribution in [0.25, 0.3) is 0 Å². The number of hydrogen-bond donors (Lipinski definition) is 1. The van der Waals surface area contributed by atoms with Gasteiger partial charge in [0.25, 0.3) is 0 Å². The van der Waals surface area contributed by atoms with Gasteiger partial charge in [-0.15, -0.1) is 0 Å². The Balaban J connectivity index is 1.56. The number of hydrogen-bond acceptors (Lipinski definition) is 12. The predicted molar refractivity (Wildman–Crippen MR) is 141 cm³/mol. The van der Waals surface area contributed by atoms with Crippen LogP contribution in [0.2, 0.25) is 0 Å². The lowest BCUT2D eigenvalue weighted by Crippen LogP contribution is -2.38. The third-order valence-corrected chi connectivity index (χ3v) is 7.67. The molecule has 40 heavy (non-hydrogen) atoms. The topological polar surface area (TPSA) is 146 Å². The lowest BCUT2D eigenvalue weighted by Gasteiger charge is -2.27. The summed E-state index contributed by atoms with van der Waals surface area (Å²) >= 11 is 0. The van der Waals surface area contributed by atoms with Gasteiger partial charge in [-0.2, -0.15) is 10.1 Å². The molecule has 4 rings (SSSR count). The van der Waals surface area contributed by atoms with Gasteiger partial charge in [0.2, 0.25) is 5.88 Å². The normalized spacial score (nSPS) is 25.6. The molecule has 0 aliphatic carbocycles. The van der Waals surface area contributed by atoms with Crippen molar-refractivity contribution in [2.75, 3.05) is 20.8 Å². The van der Waals surface area contributed by atoms with Crippen molar-refractivity contribution in [2.45, 2.75) is 77.0 Å². The molecule has 0 amide bonds. The largest absolute Gasteiger partial charge is 0.481 e. The number of ether oxygens (including phenoxy) is 6. The standard InChI is InChI=1S/C26H36N3O10P/c1-15(2)35-24(30)16(3)29-40(31,39-17-11-9-8-10-12-17)34-14-19-21-22(38-26(4,5)37-21)20(36-19)18-13-27-25(33-7)28-23(18)32-6/h8-13,15-16,19-22H,14H2,1-7H3,(H,29,31)/t16-,19+,20-,21+,22-,40-/m0/s1. The molecule has 6 atom stereocenters.